The molecule has 2 aromatic rings. The number of nitrogens with one attached hydrogen (secondary N) is 1. The first-order valence-electron chi connectivity index (χ1n) is 8.78. The molecule has 0 aromatic heterocycles. The molecule has 0 aliphatic rings. The molecule has 0 radical (unpaired) electrons. The third-order valence-corrected chi connectivity index (χ3v) is 5.08. The second-order valence-electron chi connectivity index (χ2n) is 6.09. The average molecular weight is 358 g/mol. The van der Waals surface area contributed by atoms with E-state index in [0.29, 0.717) is 5.56 Å². The number of carbonyl (C=O) groups is 1. The molecular formula is C21H27NO2S. The molecule has 0 atom stereocenters. The number of methoxy groups -OCH3 is 1. The number of ether oxygens (including phenoxy) is 1. The van der Waals surface area contributed by atoms with Gasteiger partial charge in [-0.2, -0.15) is 0 Å². The van der Waals surface area contributed by atoms with Crippen molar-refractivity contribution in [2.24, 2.45) is 0 Å². The Morgan fingerprint density at radius 2 is 1.88 bits per heavy atom. The Kier molecular flexibility index (Phi) is 7.86. The summed E-state index contributed by atoms with van der Waals surface area (Å²) in [5, 5.41) is 2.99. The fraction of sp³-hybridized carbons (Fsp3) is 0.381. The SMILES string of the molecule is CCCCCNC(=O)c1ccc(OC)c(CSc2ccc(C)cc2)c1. The van der Waals surface area contributed by atoms with Crippen LogP contribution in [0.3, 0.4) is 0 Å². The smallest absolute Gasteiger partial charge is 0.251 e. The van der Waals surface area contributed by atoms with Crippen molar-refractivity contribution in [3.63, 3.8) is 0 Å². The van der Waals surface area contributed by atoms with Crippen LogP contribution < -0.4 is 10.1 Å². The monoisotopic (exact) mass is 357 g/mol. The summed E-state index contributed by atoms with van der Waals surface area (Å²) in [7, 11) is 1.67. The molecule has 134 valence electrons. The van der Waals surface area contributed by atoms with E-state index in [1.165, 1.54) is 10.5 Å². The first-order valence-corrected chi connectivity index (χ1v) is 9.77. The zero-order chi connectivity index (χ0) is 18.1. The summed E-state index contributed by atoms with van der Waals surface area (Å²) >= 11 is 1.74. The molecule has 0 saturated carbocycles. The molecule has 0 fully saturated rings. The number of aryl methyl sites for hydroxylation is 1. The molecule has 4 heteroatoms. The van der Waals surface area contributed by atoms with Gasteiger partial charge in [-0.25, -0.2) is 0 Å². The zero-order valence-corrected chi connectivity index (χ0v) is 16.1. The number of benzene rings is 2. The van der Waals surface area contributed by atoms with E-state index in [4.69, 9.17) is 4.74 Å². The second kappa shape index (κ2) is 10.1. The van der Waals surface area contributed by atoms with Crippen LogP contribution in [0.25, 0.3) is 0 Å². The van der Waals surface area contributed by atoms with E-state index in [1.54, 1.807) is 18.9 Å². The molecular weight excluding hydrogens is 330 g/mol. The maximum absolute atomic E-state index is 12.3. The zero-order valence-electron chi connectivity index (χ0n) is 15.3. The number of thioether (sulfide) groups is 1. The van der Waals surface area contributed by atoms with Crippen molar-refractivity contribution in [2.75, 3.05) is 13.7 Å². The molecule has 0 heterocycles. The first kappa shape index (κ1) is 19.4. The lowest BCUT2D eigenvalue weighted by molar-refractivity contribution is 0.0953. The van der Waals surface area contributed by atoms with Crippen LogP contribution in [-0.2, 0) is 5.75 Å². The van der Waals surface area contributed by atoms with Gasteiger partial charge in [0.15, 0.2) is 0 Å². The Balaban J connectivity index is 2.03. The fourth-order valence-electron chi connectivity index (χ4n) is 2.51. The highest BCUT2D eigenvalue weighted by atomic mass is 32.2. The molecule has 3 nitrogen and oxygen atoms in total. The Labute approximate surface area is 155 Å². The van der Waals surface area contributed by atoms with E-state index in [-0.39, 0.29) is 5.91 Å². The van der Waals surface area contributed by atoms with Crippen LogP contribution >= 0.6 is 11.8 Å². The number of hydrogen-bond donors (Lipinski definition) is 1. The minimum atomic E-state index is -0.0136. The number of unbranched alkanes of at least 4 members (excludes halogenated alkanes) is 2. The van der Waals surface area contributed by atoms with Crippen molar-refractivity contribution in [1.29, 1.82) is 0 Å². The van der Waals surface area contributed by atoms with Gasteiger partial charge in [-0.15, -0.1) is 11.8 Å². The Hall–Kier alpha value is -1.94. The van der Waals surface area contributed by atoms with Crippen LogP contribution in [0.5, 0.6) is 5.75 Å². The van der Waals surface area contributed by atoms with Gasteiger partial charge in [-0.3, -0.25) is 4.79 Å². The van der Waals surface area contributed by atoms with Crippen LogP contribution in [0.1, 0.15) is 47.7 Å². The predicted molar refractivity (Wildman–Crippen MR) is 106 cm³/mol. The van der Waals surface area contributed by atoms with Crippen LogP contribution in [-0.4, -0.2) is 19.6 Å². The maximum Gasteiger partial charge on any atom is 0.251 e. The normalized spacial score (nSPS) is 10.5. The number of carbonyl (C=O) groups excluding carboxylic acids is 1. The summed E-state index contributed by atoms with van der Waals surface area (Å²) in [5.74, 6) is 1.57. The number of amides is 1. The minimum Gasteiger partial charge on any atom is -0.496 e. The van der Waals surface area contributed by atoms with E-state index in [2.05, 4.69) is 43.4 Å². The molecule has 0 spiro atoms. The average Bonchev–Trinajstić information content (AvgIpc) is 2.64. The lowest BCUT2D eigenvalue weighted by atomic mass is 10.1. The van der Waals surface area contributed by atoms with Crippen molar-refractivity contribution in [3.8, 4) is 5.75 Å². The van der Waals surface area contributed by atoms with Crippen LogP contribution in [0.4, 0.5) is 0 Å². The van der Waals surface area contributed by atoms with Gasteiger partial charge in [0.05, 0.1) is 7.11 Å². The summed E-state index contributed by atoms with van der Waals surface area (Å²) in [6.07, 6.45) is 3.31. The Morgan fingerprint density at radius 1 is 1.12 bits per heavy atom. The Morgan fingerprint density at radius 3 is 2.56 bits per heavy atom. The summed E-state index contributed by atoms with van der Waals surface area (Å²) in [4.78, 5) is 13.5. The Bertz CT molecular complexity index is 683. The predicted octanol–water partition coefficient (Wildman–Crippen LogP) is 5.22. The molecule has 0 aliphatic heterocycles. The first-order chi connectivity index (χ1) is 12.1. The molecule has 25 heavy (non-hydrogen) atoms. The van der Waals surface area contributed by atoms with E-state index < -0.39 is 0 Å². The highest BCUT2D eigenvalue weighted by Gasteiger charge is 2.10. The maximum atomic E-state index is 12.3. The van der Waals surface area contributed by atoms with Crippen LogP contribution in [0.2, 0.25) is 0 Å². The number of hydrogen-bond acceptors (Lipinski definition) is 3. The van der Waals surface area contributed by atoms with E-state index >= 15 is 0 Å². The summed E-state index contributed by atoms with van der Waals surface area (Å²) < 4.78 is 5.46. The van der Waals surface area contributed by atoms with E-state index in [9.17, 15) is 4.79 Å². The third-order valence-electron chi connectivity index (χ3n) is 4.02. The second-order valence-corrected chi connectivity index (χ2v) is 7.14. The van der Waals surface area contributed by atoms with Crippen molar-refractivity contribution >= 4 is 17.7 Å². The molecule has 0 unspecified atom stereocenters. The molecule has 0 saturated heterocycles. The van der Waals surface area contributed by atoms with Gasteiger partial charge in [-0.05, 0) is 43.7 Å². The van der Waals surface area contributed by atoms with Gasteiger partial charge >= 0.3 is 0 Å². The van der Waals surface area contributed by atoms with Crippen LogP contribution in [0, 0.1) is 6.92 Å². The quantitative estimate of drug-likeness (QED) is 0.494. The highest BCUT2D eigenvalue weighted by Crippen LogP contribution is 2.29. The van der Waals surface area contributed by atoms with Gasteiger partial charge in [0.2, 0.25) is 0 Å². The van der Waals surface area contributed by atoms with E-state index in [1.807, 2.05) is 18.2 Å². The fourth-order valence-corrected chi connectivity index (χ4v) is 3.38. The van der Waals surface area contributed by atoms with Gasteiger partial charge in [0.1, 0.15) is 5.75 Å². The van der Waals surface area contributed by atoms with Crippen molar-refractivity contribution in [2.45, 2.75) is 43.8 Å². The van der Waals surface area contributed by atoms with Gasteiger partial charge in [0.25, 0.3) is 5.91 Å². The van der Waals surface area contributed by atoms with Gasteiger partial charge < -0.3 is 10.1 Å². The highest BCUT2D eigenvalue weighted by molar-refractivity contribution is 7.98. The van der Waals surface area contributed by atoms with Crippen molar-refractivity contribution < 1.29 is 9.53 Å². The minimum absolute atomic E-state index is 0.0136. The molecule has 0 bridgehead atoms. The lowest BCUT2D eigenvalue weighted by Gasteiger charge is -2.11. The molecule has 1 amide bonds. The largest absolute Gasteiger partial charge is 0.496 e. The van der Waals surface area contributed by atoms with Gasteiger partial charge in [0, 0.05) is 28.3 Å². The standard InChI is InChI=1S/C21H27NO2S/c1-4-5-6-13-22-21(23)17-9-12-20(24-3)18(14-17)15-25-19-10-7-16(2)8-11-19/h7-12,14H,4-6,13,15H2,1-3H3,(H,22,23). The van der Waals surface area contributed by atoms with Gasteiger partial charge in [-0.1, -0.05) is 37.5 Å². The summed E-state index contributed by atoms with van der Waals surface area (Å²) in [6.45, 7) is 4.97. The van der Waals surface area contributed by atoms with Crippen molar-refractivity contribution in [3.05, 3.63) is 59.2 Å². The summed E-state index contributed by atoms with van der Waals surface area (Å²) in [5.41, 5.74) is 2.98. The lowest BCUT2D eigenvalue weighted by Crippen LogP contribution is -2.24. The third kappa shape index (κ3) is 6.13. The molecule has 0 aliphatic carbocycles. The topological polar surface area (TPSA) is 38.3 Å². The molecule has 2 aromatic carbocycles. The summed E-state index contributed by atoms with van der Waals surface area (Å²) in [6, 6.07) is 14.1. The molecule has 1 N–H and O–H groups in total. The van der Waals surface area contributed by atoms with E-state index in [0.717, 1.165) is 42.9 Å². The molecule has 2 rings (SSSR count). The van der Waals surface area contributed by atoms with Crippen LogP contribution in [0.15, 0.2) is 47.4 Å². The van der Waals surface area contributed by atoms with Crippen molar-refractivity contribution in [1.82, 2.24) is 5.32 Å². The number of rotatable bonds is 9.